The molecule has 0 saturated heterocycles. The van der Waals surface area contributed by atoms with Gasteiger partial charge in [-0.2, -0.15) is 0 Å². The molecule has 0 aromatic heterocycles. The summed E-state index contributed by atoms with van der Waals surface area (Å²) in [6.45, 7) is -0.141. The van der Waals surface area contributed by atoms with Crippen molar-refractivity contribution in [2.45, 2.75) is 11.5 Å². The van der Waals surface area contributed by atoms with Crippen LogP contribution in [0.1, 0.15) is 15.9 Å². The molecule has 0 radical (unpaired) electrons. The molecule has 0 saturated carbocycles. The van der Waals surface area contributed by atoms with Crippen LogP contribution in [0.5, 0.6) is 5.75 Å². The molecule has 0 heterocycles. The van der Waals surface area contributed by atoms with Crippen LogP contribution in [0.2, 0.25) is 10.0 Å². The molecule has 2 rings (SSSR count). The Bertz CT molecular complexity index is 879. The van der Waals surface area contributed by atoms with Gasteiger partial charge in [0.25, 0.3) is 0 Å². The van der Waals surface area contributed by atoms with Crippen LogP contribution in [0.15, 0.2) is 41.3 Å². The first-order valence-electron chi connectivity index (χ1n) is 7.01. The molecule has 1 N–H and O–H groups in total. The summed E-state index contributed by atoms with van der Waals surface area (Å²) in [5, 5.41) is 0.738. The summed E-state index contributed by atoms with van der Waals surface area (Å²) in [7, 11) is -1.20. The van der Waals surface area contributed by atoms with E-state index in [4.69, 9.17) is 32.7 Å². The lowest BCUT2D eigenvalue weighted by Gasteiger charge is -2.11. The lowest BCUT2D eigenvalue weighted by atomic mass is 10.2. The number of ether oxygens (including phenoxy) is 2. The SMILES string of the molecule is CNS(=O)(=O)c1cc(C(=O)OCc2c(Cl)cccc2Cl)ccc1OC. The highest BCUT2D eigenvalue weighted by Gasteiger charge is 2.21. The second-order valence-electron chi connectivity index (χ2n) is 4.85. The van der Waals surface area contributed by atoms with E-state index < -0.39 is 16.0 Å². The Hall–Kier alpha value is -1.80. The van der Waals surface area contributed by atoms with Crippen LogP contribution in [0.3, 0.4) is 0 Å². The molecule has 0 aliphatic carbocycles. The summed E-state index contributed by atoms with van der Waals surface area (Å²) in [5.41, 5.74) is 0.522. The maximum atomic E-state index is 12.2. The van der Waals surface area contributed by atoms with Crippen LogP contribution in [-0.4, -0.2) is 28.5 Å². The number of methoxy groups -OCH3 is 1. The number of carbonyl (C=O) groups excluding carboxylic acids is 1. The van der Waals surface area contributed by atoms with Gasteiger partial charge in [-0.25, -0.2) is 17.9 Å². The van der Waals surface area contributed by atoms with E-state index in [-0.39, 0.29) is 22.8 Å². The standard InChI is InChI=1S/C16H15Cl2NO5S/c1-19-25(21,22)15-8-10(6-7-14(15)23-2)16(20)24-9-11-12(17)4-3-5-13(11)18/h3-8,19H,9H2,1-2H3. The fraction of sp³-hybridized carbons (Fsp3) is 0.188. The van der Waals surface area contributed by atoms with Crippen molar-refractivity contribution in [1.29, 1.82) is 0 Å². The number of carbonyl (C=O) groups is 1. The van der Waals surface area contributed by atoms with Crippen molar-refractivity contribution in [2.24, 2.45) is 0 Å². The fourth-order valence-corrected chi connectivity index (χ4v) is 3.44. The molecule has 0 bridgehead atoms. The summed E-state index contributed by atoms with van der Waals surface area (Å²) < 4.78 is 36.5. The zero-order valence-corrected chi connectivity index (χ0v) is 15.7. The van der Waals surface area contributed by atoms with Crippen LogP contribution in [0.4, 0.5) is 0 Å². The number of halogens is 2. The molecule has 134 valence electrons. The molecule has 2 aromatic carbocycles. The second kappa shape index (κ2) is 8.05. The molecular weight excluding hydrogens is 389 g/mol. The number of hydrogen-bond acceptors (Lipinski definition) is 5. The number of esters is 1. The van der Waals surface area contributed by atoms with Crippen LogP contribution < -0.4 is 9.46 Å². The first-order valence-corrected chi connectivity index (χ1v) is 9.25. The third kappa shape index (κ3) is 4.43. The van der Waals surface area contributed by atoms with Crippen LogP contribution >= 0.6 is 23.2 Å². The van der Waals surface area contributed by atoms with Gasteiger partial charge in [0.05, 0.1) is 12.7 Å². The Balaban J connectivity index is 2.27. The van der Waals surface area contributed by atoms with Crippen LogP contribution in [0.25, 0.3) is 0 Å². The first kappa shape index (κ1) is 19.5. The van der Waals surface area contributed by atoms with Crippen molar-refractivity contribution in [3.8, 4) is 5.75 Å². The largest absolute Gasteiger partial charge is 0.495 e. The van der Waals surface area contributed by atoms with Crippen LogP contribution in [0, 0.1) is 0 Å². The van der Waals surface area contributed by atoms with Gasteiger partial charge in [0, 0.05) is 15.6 Å². The van der Waals surface area contributed by atoms with Gasteiger partial charge in [0.15, 0.2) is 0 Å². The van der Waals surface area contributed by atoms with Crippen LogP contribution in [-0.2, 0) is 21.4 Å². The van der Waals surface area contributed by atoms with Gasteiger partial charge < -0.3 is 9.47 Å². The minimum atomic E-state index is -3.80. The van der Waals surface area contributed by atoms with Gasteiger partial charge in [-0.1, -0.05) is 29.3 Å². The van der Waals surface area contributed by atoms with E-state index in [1.54, 1.807) is 18.2 Å². The van der Waals surface area contributed by atoms with E-state index in [1.165, 1.54) is 32.4 Å². The predicted molar refractivity (Wildman–Crippen MR) is 94.8 cm³/mol. The first-order chi connectivity index (χ1) is 11.8. The molecule has 0 fully saturated rings. The quantitative estimate of drug-likeness (QED) is 0.748. The number of rotatable bonds is 6. The minimum Gasteiger partial charge on any atom is -0.495 e. The zero-order chi connectivity index (χ0) is 18.6. The van der Waals surface area contributed by atoms with Crippen molar-refractivity contribution in [3.63, 3.8) is 0 Å². The maximum absolute atomic E-state index is 12.2. The summed E-state index contributed by atoms with van der Waals surface area (Å²) >= 11 is 12.0. The van der Waals surface area contributed by atoms with Gasteiger partial charge >= 0.3 is 5.97 Å². The summed E-state index contributed by atoms with van der Waals surface area (Å²) in [6, 6.07) is 8.89. The highest BCUT2D eigenvalue weighted by molar-refractivity contribution is 7.89. The average Bonchev–Trinajstić information content (AvgIpc) is 2.60. The summed E-state index contributed by atoms with van der Waals surface area (Å²) in [4.78, 5) is 12.1. The van der Waals surface area contributed by atoms with E-state index in [9.17, 15) is 13.2 Å². The predicted octanol–water partition coefficient (Wildman–Crippen LogP) is 3.27. The Kier molecular flexibility index (Phi) is 6.29. The van der Waals surface area contributed by atoms with Gasteiger partial charge in [-0.15, -0.1) is 0 Å². The molecule has 0 unspecified atom stereocenters. The molecule has 0 spiro atoms. The maximum Gasteiger partial charge on any atom is 0.338 e. The second-order valence-corrected chi connectivity index (χ2v) is 7.52. The molecule has 25 heavy (non-hydrogen) atoms. The highest BCUT2D eigenvalue weighted by Crippen LogP contribution is 2.27. The average molecular weight is 404 g/mol. The molecule has 0 aliphatic rings. The monoisotopic (exact) mass is 403 g/mol. The van der Waals surface area contributed by atoms with Gasteiger partial charge in [0.2, 0.25) is 10.0 Å². The lowest BCUT2D eigenvalue weighted by molar-refractivity contribution is 0.0472. The van der Waals surface area contributed by atoms with Crippen molar-refractivity contribution in [1.82, 2.24) is 4.72 Å². The molecule has 6 nitrogen and oxygen atoms in total. The smallest absolute Gasteiger partial charge is 0.338 e. The number of benzene rings is 2. The van der Waals surface area contributed by atoms with Crippen molar-refractivity contribution >= 4 is 39.2 Å². The number of hydrogen-bond donors (Lipinski definition) is 1. The number of sulfonamides is 1. The van der Waals surface area contributed by atoms with Gasteiger partial charge in [-0.05, 0) is 37.4 Å². The van der Waals surface area contributed by atoms with Crippen molar-refractivity contribution < 1.29 is 22.7 Å². The zero-order valence-electron chi connectivity index (χ0n) is 13.4. The number of nitrogens with one attached hydrogen (secondary N) is 1. The molecular formula is C16H15Cl2NO5S. The molecule has 0 aliphatic heterocycles. The Labute approximate surface area is 155 Å². The molecule has 0 amide bonds. The van der Waals surface area contributed by atoms with Crippen molar-refractivity contribution in [3.05, 3.63) is 57.6 Å². The van der Waals surface area contributed by atoms with E-state index in [2.05, 4.69) is 4.72 Å². The Morgan fingerprint density at radius 3 is 2.36 bits per heavy atom. The third-order valence-electron chi connectivity index (χ3n) is 3.37. The van der Waals surface area contributed by atoms with E-state index >= 15 is 0 Å². The molecule has 0 atom stereocenters. The topological polar surface area (TPSA) is 81.7 Å². The molecule has 9 heteroatoms. The summed E-state index contributed by atoms with van der Waals surface area (Å²) in [6.07, 6.45) is 0. The Morgan fingerprint density at radius 2 is 1.80 bits per heavy atom. The highest BCUT2D eigenvalue weighted by atomic mass is 35.5. The third-order valence-corrected chi connectivity index (χ3v) is 5.51. The molecule has 2 aromatic rings. The van der Waals surface area contributed by atoms with Gasteiger partial charge in [-0.3, -0.25) is 0 Å². The van der Waals surface area contributed by atoms with Crippen molar-refractivity contribution in [2.75, 3.05) is 14.2 Å². The van der Waals surface area contributed by atoms with E-state index in [0.29, 0.717) is 15.6 Å². The Morgan fingerprint density at radius 1 is 1.16 bits per heavy atom. The van der Waals surface area contributed by atoms with Gasteiger partial charge in [0.1, 0.15) is 17.3 Å². The van der Waals surface area contributed by atoms with E-state index in [1.807, 2.05) is 0 Å². The fourth-order valence-electron chi connectivity index (χ4n) is 2.01. The lowest BCUT2D eigenvalue weighted by Crippen LogP contribution is -2.20. The normalized spacial score (nSPS) is 11.2. The summed E-state index contributed by atoms with van der Waals surface area (Å²) in [5.74, 6) is -0.605. The minimum absolute atomic E-state index is 0.0535. The van der Waals surface area contributed by atoms with E-state index in [0.717, 1.165) is 0 Å².